The van der Waals surface area contributed by atoms with E-state index < -0.39 is 6.23 Å². The molecule has 10 heteroatoms. The predicted octanol–water partition coefficient (Wildman–Crippen LogP) is 2.73. The monoisotopic (exact) mass is 498 g/mol. The molecule has 1 aliphatic rings. The van der Waals surface area contributed by atoms with E-state index in [1.807, 2.05) is 61.2 Å². The summed E-state index contributed by atoms with van der Waals surface area (Å²) in [6.07, 6.45) is 2.07. The summed E-state index contributed by atoms with van der Waals surface area (Å²) in [6.45, 7) is 8.69. The van der Waals surface area contributed by atoms with Crippen molar-refractivity contribution in [3.8, 4) is 5.75 Å². The third-order valence-corrected chi connectivity index (χ3v) is 7.16. The molecule has 2 aromatic heterocycles. The molecule has 10 nitrogen and oxygen atoms in total. The second kappa shape index (κ2) is 10.1. The van der Waals surface area contributed by atoms with Crippen molar-refractivity contribution < 1.29 is 14.6 Å². The van der Waals surface area contributed by atoms with Gasteiger partial charge in [0.25, 0.3) is 0 Å². The van der Waals surface area contributed by atoms with Crippen LogP contribution in [0.15, 0.2) is 29.1 Å². The summed E-state index contributed by atoms with van der Waals surface area (Å²) in [4.78, 5) is 25.6. The Hall–Kier alpha value is -3.11. The number of nitrogens with zero attached hydrogens (tertiary/aromatic N) is 4. The zero-order chi connectivity index (χ0) is 26.2. The molecule has 0 radical (unpaired) electrons. The number of ether oxygens (including phenoxy) is 1. The van der Waals surface area contributed by atoms with Crippen molar-refractivity contribution in [2.45, 2.75) is 71.7 Å². The van der Waals surface area contributed by atoms with E-state index in [0.29, 0.717) is 18.2 Å². The number of aliphatic hydroxyl groups excluding tert-OH is 1. The summed E-state index contributed by atoms with van der Waals surface area (Å²) >= 11 is 0. The van der Waals surface area contributed by atoms with Crippen molar-refractivity contribution in [1.29, 1.82) is 0 Å². The molecule has 0 saturated heterocycles. The normalized spacial score (nSPS) is 19.4. The maximum Gasteiger partial charge on any atom is 0.328 e. The highest BCUT2D eigenvalue weighted by Gasteiger charge is 2.28. The summed E-state index contributed by atoms with van der Waals surface area (Å²) in [7, 11) is 3.40. The maximum atomic E-state index is 12.9. The molecular weight excluding hydrogens is 460 g/mol. The lowest BCUT2D eigenvalue weighted by atomic mass is 9.81. The summed E-state index contributed by atoms with van der Waals surface area (Å²) in [5.74, 6) is 0.759. The third-order valence-electron chi connectivity index (χ3n) is 7.16. The molecule has 3 N–H and O–H groups in total. The van der Waals surface area contributed by atoms with Gasteiger partial charge >= 0.3 is 5.69 Å². The topological polar surface area (TPSA) is 115 Å². The number of aryl methyl sites for hydroxylation is 2. The molecule has 3 aromatic rings. The molecule has 196 valence electrons. The number of aromatic nitrogens is 4. The van der Waals surface area contributed by atoms with Crippen LogP contribution >= 0.6 is 0 Å². The molecule has 0 spiro atoms. The fourth-order valence-corrected chi connectivity index (χ4v) is 5.19. The molecule has 1 aromatic carbocycles. The molecule has 2 heterocycles. The second-order valence-electron chi connectivity index (χ2n) is 10.9. The minimum absolute atomic E-state index is 0.0413. The smallest absolute Gasteiger partial charge is 0.328 e. The molecule has 1 fully saturated rings. The van der Waals surface area contributed by atoms with Gasteiger partial charge in [-0.3, -0.25) is 24.0 Å². The average molecular weight is 499 g/mol. The summed E-state index contributed by atoms with van der Waals surface area (Å²) < 4.78 is 10.7. The van der Waals surface area contributed by atoms with Gasteiger partial charge in [-0.15, -0.1) is 0 Å². The van der Waals surface area contributed by atoms with Crippen LogP contribution in [0.5, 0.6) is 5.75 Å². The minimum atomic E-state index is -1.09. The van der Waals surface area contributed by atoms with Crippen molar-refractivity contribution in [3.63, 3.8) is 0 Å². The van der Waals surface area contributed by atoms with Crippen LogP contribution in [-0.4, -0.2) is 37.0 Å². The molecule has 1 amide bonds. The van der Waals surface area contributed by atoms with E-state index in [-0.39, 0.29) is 23.1 Å². The summed E-state index contributed by atoms with van der Waals surface area (Å²) in [5.41, 5.74) is 8.27. The number of aliphatic hydroxyl groups is 1. The van der Waals surface area contributed by atoms with Crippen LogP contribution in [0.25, 0.3) is 11.0 Å². The van der Waals surface area contributed by atoms with Crippen molar-refractivity contribution in [2.24, 2.45) is 18.9 Å². The van der Waals surface area contributed by atoms with Crippen molar-refractivity contribution in [2.75, 3.05) is 7.11 Å². The Bertz CT molecular complexity index is 1290. The molecule has 0 aliphatic heterocycles. The number of fused-ring (bicyclic) bond motifs is 1. The third kappa shape index (κ3) is 5.19. The number of hydrogen-bond donors (Lipinski definition) is 3. The predicted molar refractivity (Wildman–Crippen MR) is 137 cm³/mol. The Balaban J connectivity index is 1.32. The van der Waals surface area contributed by atoms with Crippen LogP contribution in [0.2, 0.25) is 0 Å². The second-order valence-corrected chi connectivity index (χ2v) is 10.9. The van der Waals surface area contributed by atoms with Gasteiger partial charge in [-0.05, 0) is 77.5 Å². The Kier molecular flexibility index (Phi) is 7.28. The van der Waals surface area contributed by atoms with Gasteiger partial charge in [0.15, 0.2) is 6.23 Å². The lowest BCUT2D eigenvalue weighted by Crippen LogP contribution is -2.44. The number of methoxy groups -OCH3 is 1. The number of amides is 1. The number of carbonyl (C=O) groups excluding carboxylic acids is 1. The average Bonchev–Trinajstić information content (AvgIpc) is 3.36. The van der Waals surface area contributed by atoms with Crippen molar-refractivity contribution in [3.05, 3.63) is 46.1 Å². The Morgan fingerprint density at radius 3 is 2.50 bits per heavy atom. The first-order chi connectivity index (χ1) is 17.0. The zero-order valence-electron chi connectivity index (χ0n) is 22.0. The Labute approximate surface area is 211 Å². The van der Waals surface area contributed by atoms with Crippen LogP contribution in [-0.2, 0) is 23.9 Å². The van der Waals surface area contributed by atoms with Crippen LogP contribution < -0.4 is 21.3 Å². The van der Waals surface area contributed by atoms with E-state index in [9.17, 15) is 14.7 Å². The fraction of sp³-hybridized carbons (Fsp3) is 0.577. The minimum Gasteiger partial charge on any atom is -0.497 e. The molecular formula is C26H38N6O4. The highest BCUT2D eigenvalue weighted by molar-refractivity contribution is 5.78. The van der Waals surface area contributed by atoms with Gasteiger partial charge in [0.05, 0.1) is 23.7 Å². The molecule has 1 aliphatic carbocycles. The first-order valence-corrected chi connectivity index (χ1v) is 12.5. The molecule has 1 unspecified atom stereocenters. The van der Waals surface area contributed by atoms with Gasteiger partial charge in [-0.2, -0.15) is 5.10 Å². The van der Waals surface area contributed by atoms with E-state index in [1.165, 1.54) is 0 Å². The quantitative estimate of drug-likeness (QED) is 0.341. The fourth-order valence-electron chi connectivity index (χ4n) is 5.19. The molecule has 4 rings (SSSR count). The Morgan fingerprint density at radius 2 is 1.89 bits per heavy atom. The van der Waals surface area contributed by atoms with Crippen molar-refractivity contribution in [1.82, 2.24) is 29.8 Å². The number of rotatable bonds is 7. The standard InChI is InChI=1S/C26H38N6O4/c1-16-13-20(29-32(16)26(2,3)4)24(34)28-27-23(33)18-9-7-17(8-10-18)15-31-22-14-19(36-6)11-12-21(22)30(5)25(31)35/h11-14,17-18,24,28,34H,7-10,15H2,1-6H3,(H,27,33). The first-order valence-electron chi connectivity index (χ1n) is 12.5. The highest BCUT2D eigenvalue weighted by Crippen LogP contribution is 2.31. The van der Waals surface area contributed by atoms with Crippen LogP contribution in [0.1, 0.15) is 64.1 Å². The SMILES string of the molecule is COc1ccc2c(c1)n(CC1CCC(C(=O)NNC(O)c3cc(C)n(C(C)(C)C)n3)CC1)c(=O)n2C. The van der Waals surface area contributed by atoms with Gasteiger partial charge in [0.2, 0.25) is 5.91 Å². The lowest BCUT2D eigenvalue weighted by Gasteiger charge is -2.28. The van der Waals surface area contributed by atoms with Gasteiger partial charge in [0, 0.05) is 31.3 Å². The van der Waals surface area contributed by atoms with Gasteiger partial charge < -0.3 is 9.84 Å². The number of hydrazine groups is 1. The van der Waals surface area contributed by atoms with E-state index in [0.717, 1.165) is 48.2 Å². The van der Waals surface area contributed by atoms with Gasteiger partial charge in [-0.25, -0.2) is 10.2 Å². The van der Waals surface area contributed by atoms with Crippen LogP contribution in [0, 0.1) is 18.8 Å². The maximum absolute atomic E-state index is 12.9. The van der Waals surface area contributed by atoms with Gasteiger partial charge in [-0.1, -0.05) is 0 Å². The number of hydrogen-bond acceptors (Lipinski definition) is 6. The molecule has 1 atom stereocenters. The van der Waals surface area contributed by atoms with E-state index in [2.05, 4.69) is 16.0 Å². The highest BCUT2D eigenvalue weighted by atomic mass is 16.5. The largest absolute Gasteiger partial charge is 0.497 e. The molecule has 36 heavy (non-hydrogen) atoms. The van der Waals surface area contributed by atoms with Gasteiger partial charge in [0.1, 0.15) is 11.4 Å². The summed E-state index contributed by atoms with van der Waals surface area (Å²) in [5, 5.41) is 15.0. The van der Waals surface area contributed by atoms with E-state index in [4.69, 9.17) is 4.74 Å². The van der Waals surface area contributed by atoms with Crippen LogP contribution in [0.4, 0.5) is 0 Å². The molecule has 1 saturated carbocycles. The number of carbonyl (C=O) groups is 1. The molecule has 0 bridgehead atoms. The summed E-state index contributed by atoms with van der Waals surface area (Å²) in [6, 6.07) is 7.48. The Morgan fingerprint density at radius 1 is 1.19 bits per heavy atom. The van der Waals surface area contributed by atoms with E-state index >= 15 is 0 Å². The van der Waals surface area contributed by atoms with Crippen molar-refractivity contribution >= 4 is 16.9 Å². The number of benzene rings is 1. The lowest BCUT2D eigenvalue weighted by molar-refractivity contribution is -0.128. The number of imidazole rings is 1. The number of nitrogens with one attached hydrogen (secondary N) is 2. The first kappa shape index (κ1) is 26.0. The van der Waals surface area contributed by atoms with E-state index in [1.54, 1.807) is 18.7 Å². The van der Waals surface area contributed by atoms with Crippen LogP contribution in [0.3, 0.4) is 0 Å². The zero-order valence-corrected chi connectivity index (χ0v) is 22.0.